The number of carbonyl (C=O) groups is 1. The third-order valence-corrected chi connectivity index (χ3v) is 2.42. The first-order chi connectivity index (χ1) is 8.06. The molecule has 2 rings (SSSR count). The maximum atomic E-state index is 11.8. The fourth-order valence-electron chi connectivity index (χ4n) is 1.48. The van der Waals surface area contributed by atoms with E-state index in [1.807, 2.05) is 0 Å². The number of aromatic hydroxyl groups is 1. The molecule has 0 fully saturated rings. The molecule has 1 amide bonds. The minimum Gasteiger partial charge on any atom is -0.508 e. The van der Waals surface area contributed by atoms with Crippen LogP contribution in [0.25, 0.3) is 0 Å². The number of anilines is 1. The smallest absolute Gasteiger partial charge is 0.291 e. The van der Waals surface area contributed by atoms with Gasteiger partial charge in [0.2, 0.25) is 0 Å². The average molecular weight is 231 g/mol. The summed E-state index contributed by atoms with van der Waals surface area (Å²) in [5.41, 5.74) is 1.33. The van der Waals surface area contributed by atoms with E-state index >= 15 is 0 Å². The summed E-state index contributed by atoms with van der Waals surface area (Å²) in [4.78, 5) is 11.8. The van der Waals surface area contributed by atoms with Crippen LogP contribution < -0.4 is 5.32 Å². The number of amides is 1. The second-order valence-electron chi connectivity index (χ2n) is 3.87. The molecule has 0 aliphatic heterocycles. The molecule has 0 saturated heterocycles. The molecule has 0 saturated carbocycles. The molecule has 0 aliphatic carbocycles. The van der Waals surface area contributed by atoms with Crippen molar-refractivity contribution in [2.75, 3.05) is 5.32 Å². The Bertz CT molecular complexity index is 558. The third-order valence-electron chi connectivity index (χ3n) is 2.42. The van der Waals surface area contributed by atoms with Crippen molar-refractivity contribution in [1.82, 2.24) is 0 Å². The molecule has 0 spiro atoms. The van der Waals surface area contributed by atoms with Crippen molar-refractivity contribution in [3.63, 3.8) is 0 Å². The summed E-state index contributed by atoms with van der Waals surface area (Å²) in [6.45, 7) is 3.55. The van der Waals surface area contributed by atoms with Crippen molar-refractivity contribution in [1.29, 1.82) is 0 Å². The number of nitrogens with one attached hydrogen (secondary N) is 1. The molecule has 2 N–H and O–H groups in total. The SMILES string of the molecule is Cc1ccc(C(=O)Nc2ccc(O)c(C)c2)o1. The van der Waals surface area contributed by atoms with Crippen LogP contribution >= 0.6 is 0 Å². The molecule has 1 aromatic carbocycles. The molecule has 1 aromatic heterocycles. The Hall–Kier alpha value is -2.23. The standard InChI is InChI=1S/C13H13NO3/c1-8-7-10(4-5-11(8)15)14-13(16)12-6-3-9(2)17-12/h3-7,15H,1-2H3,(H,14,16). The van der Waals surface area contributed by atoms with Crippen LogP contribution in [-0.4, -0.2) is 11.0 Å². The highest BCUT2D eigenvalue weighted by Gasteiger charge is 2.10. The first-order valence-corrected chi connectivity index (χ1v) is 5.23. The van der Waals surface area contributed by atoms with Gasteiger partial charge in [0.05, 0.1) is 0 Å². The Balaban J connectivity index is 2.15. The normalized spacial score (nSPS) is 10.2. The maximum Gasteiger partial charge on any atom is 0.291 e. The Morgan fingerprint density at radius 3 is 2.59 bits per heavy atom. The van der Waals surface area contributed by atoms with Gasteiger partial charge in [-0.3, -0.25) is 4.79 Å². The monoisotopic (exact) mass is 231 g/mol. The molecule has 0 aliphatic rings. The summed E-state index contributed by atoms with van der Waals surface area (Å²) in [7, 11) is 0. The number of furan rings is 1. The minimum atomic E-state index is -0.303. The number of aryl methyl sites for hydroxylation is 2. The van der Waals surface area contributed by atoms with Crippen LogP contribution in [0, 0.1) is 13.8 Å². The molecule has 17 heavy (non-hydrogen) atoms. The zero-order valence-corrected chi connectivity index (χ0v) is 9.65. The van der Waals surface area contributed by atoms with Gasteiger partial charge in [-0.15, -0.1) is 0 Å². The summed E-state index contributed by atoms with van der Waals surface area (Å²) in [6, 6.07) is 8.23. The Morgan fingerprint density at radius 1 is 1.24 bits per heavy atom. The Morgan fingerprint density at radius 2 is 2.00 bits per heavy atom. The van der Waals surface area contributed by atoms with Crippen LogP contribution in [0.15, 0.2) is 34.7 Å². The molecule has 0 atom stereocenters. The topological polar surface area (TPSA) is 62.5 Å². The quantitative estimate of drug-likeness (QED) is 0.781. The van der Waals surface area contributed by atoms with Crippen molar-refractivity contribution in [2.24, 2.45) is 0 Å². The predicted molar refractivity (Wildman–Crippen MR) is 64.2 cm³/mol. The zero-order chi connectivity index (χ0) is 12.4. The van der Waals surface area contributed by atoms with Crippen LogP contribution in [-0.2, 0) is 0 Å². The number of hydrogen-bond acceptors (Lipinski definition) is 3. The van der Waals surface area contributed by atoms with E-state index in [4.69, 9.17) is 4.42 Å². The van der Waals surface area contributed by atoms with Gasteiger partial charge in [0, 0.05) is 5.69 Å². The van der Waals surface area contributed by atoms with Crippen LogP contribution in [0.3, 0.4) is 0 Å². The molecular formula is C13H13NO3. The van der Waals surface area contributed by atoms with E-state index in [0.717, 1.165) is 0 Å². The van der Waals surface area contributed by atoms with Gasteiger partial charge in [0.25, 0.3) is 5.91 Å². The van der Waals surface area contributed by atoms with E-state index in [2.05, 4.69) is 5.32 Å². The number of benzene rings is 1. The van der Waals surface area contributed by atoms with E-state index in [1.54, 1.807) is 44.2 Å². The van der Waals surface area contributed by atoms with E-state index in [9.17, 15) is 9.90 Å². The lowest BCUT2D eigenvalue weighted by molar-refractivity contribution is 0.0995. The highest BCUT2D eigenvalue weighted by molar-refractivity contribution is 6.02. The number of carbonyl (C=O) groups excluding carboxylic acids is 1. The molecule has 2 aromatic rings. The average Bonchev–Trinajstić information content (AvgIpc) is 2.70. The van der Waals surface area contributed by atoms with Crippen LogP contribution in [0.5, 0.6) is 5.75 Å². The van der Waals surface area contributed by atoms with Crippen molar-refractivity contribution >= 4 is 11.6 Å². The van der Waals surface area contributed by atoms with Gasteiger partial charge in [-0.2, -0.15) is 0 Å². The highest BCUT2D eigenvalue weighted by Crippen LogP contribution is 2.20. The number of rotatable bonds is 2. The van der Waals surface area contributed by atoms with Gasteiger partial charge < -0.3 is 14.8 Å². The van der Waals surface area contributed by atoms with Crippen molar-refractivity contribution in [3.8, 4) is 5.75 Å². The summed E-state index contributed by atoms with van der Waals surface area (Å²) in [6.07, 6.45) is 0. The number of phenolic OH excluding ortho intramolecular Hbond substituents is 1. The second kappa shape index (κ2) is 4.33. The molecular weight excluding hydrogens is 218 g/mol. The summed E-state index contributed by atoms with van der Waals surface area (Å²) >= 11 is 0. The molecule has 0 bridgehead atoms. The Labute approximate surface area is 98.9 Å². The minimum absolute atomic E-state index is 0.205. The largest absolute Gasteiger partial charge is 0.508 e. The van der Waals surface area contributed by atoms with Gasteiger partial charge in [0.1, 0.15) is 11.5 Å². The van der Waals surface area contributed by atoms with E-state index < -0.39 is 0 Å². The van der Waals surface area contributed by atoms with Crippen LogP contribution in [0.2, 0.25) is 0 Å². The lowest BCUT2D eigenvalue weighted by Crippen LogP contribution is -2.10. The fraction of sp³-hybridized carbons (Fsp3) is 0.154. The van der Waals surface area contributed by atoms with Crippen molar-refractivity contribution in [3.05, 3.63) is 47.4 Å². The van der Waals surface area contributed by atoms with E-state index in [0.29, 0.717) is 17.0 Å². The van der Waals surface area contributed by atoms with E-state index in [-0.39, 0.29) is 17.4 Å². The second-order valence-corrected chi connectivity index (χ2v) is 3.87. The van der Waals surface area contributed by atoms with Gasteiger partial charge in [-0.1, -0.05) is 0 Å². The van der Waals surface area contributed by atoms with Gasteiger partial charge >= 0.3 is 0 Å². The van der Waals surface area contributed by atoms with Crippen LogP contribution in [0.4, 0.5) is 5.69 Å². The number of phenols is 1. The molecule has 4 heteroatoms. The van der Waals surface area contributed by atoms with E-state index in [1.165, 1.54) is 0 Å². The summed E-state index contributed by atoms with van der Waals surface area (Å²) in [5, 5.41) is 12.1. The first kappa shape index (κ1) is 11.3. The third kappa shape index (κ3) is 2.47. The molecule has 4 nitrogen and oxygen atoms in total. The van der Waals surface area contributed by atoms with Crippen molar-refractivity contribution in [2.45, 2.75) is 13.8 Å². The summed E-state index contributed by atoms with van der Waals surface area (Å²) < 4.78 is 5.21. The van der Waals surface area contributed by atoms with Crippen molar-refractivity contribution < 1.29 is 14.3 Å². The maximum absolute atomic E-state index is 11.8. The Kier molecular flexibility index (Phi) is 2.87. The lowest BCUT2D eigenvalue weighted by atomic mass is 10.2. The van der Waals surface area contributed by atoms with Crippen LogP contribution in [0.1, 0.15) is 21.9 Å². The van der Waals surface area contributed by atoms with Gasteiger partial charge in [-0.25, -0.2) is 0 Å². The predicted octanol–water partition coefficient (Wildman–Crippen LogP) is 2.85. The molecule has 1 heterocycles. The number of hydrogen-bond donors (Lipinski definition) is 2. The zero-order valence-electron chi connectivity index (χ0n) is 9.65. The molecule has 0 unspecified atom stereocenters. The molecule has 88 valence electrons. The highest BCUT2D eigenvalue weighted by atomic mass is 16.3. The van der Waals surface area contributed by atoms with Gasteiger partial charge in [0.15, 0.2) is 5.76 Å². The van der Waals surface area contributed by atoms with Gasteiger partial charge in [-0.05, 0) is 49.7 Å². The lowest BCUT2D eigenvalue weighted by Gasteiger charge is -2.05. The fourth-order valence-corrected chi connectivity index (χ4v) is 1.48. The molecule has 0 radical (unpaired) electrons. The summed E-state index contributed by atoms with van der Waals surface area (Å²) in [5.74, 6) is 0.866. The first-order valence-electron chi connectivity index (χ1n) is 5.23.